The number of nitrogens with one attached hydrogen (secondary N) is 1. The molecule has 1 aliphatic rings. The molecule has 0 saturated carbocycles. The van der Waals surface area contributed by atoms with Gasteiger partial charge in [-0.2, -0.15) is 0 Å². The van der Waals surface area contributed by atoms with Crippen LogP contribution in [0.25, 0.3) is 0 Å². The van der Waals surface area contributed by atoms with Gasteiger partial charge in [0.05, 0.1) is 0 Å². The van der Waals surface area contributed by atoms with E-state index >= 15 is 0 Å². The highest BCUT2D eigenvalue weighted by Gasteiger charge is 2.23. The minimum Gasteiger partial charge on any atom is -0.324 e. The quantitative estimate of drug-likeness (QED) is 0.873. The fourth-order valence-electron chi connectivity index (χ4n) is 3.31. The van der Waals surface area contributed by atoms with Crippen LogP contribution in [0.2, 0.25) is 0 Å². The van der Waals surface area contributed by atoms with Crippen molar-refractivity contribution in [2.24, 2.45) is 5.73 Å². The SMILES string of the molecule is Cc1cc(C)c(C(N)CC2CNCCN2C)c(C)c1. The van der Waals surface area contributed by atoms with Gasteiger partial charge >= 0.3 is 0 Å². The van der Waals surface area contributed by atoms with E-state index in [0.717, 1.165) is 26.1 Å². The summed E-state index contributed by atoms with van der Waals surface area (Å²) >= 11 is 0. The molecule has 3 N–H and O–H groups in total. The second-order valence-electron chi connectivity index (χ2n) is 5.99. The van der Waals surface area contributed by atoms with Gasteiger partial charge in [0.2, 0.25) is 0 Å². The van der Waals surface area contributed by atoms with Crippen molar-refractivity contribution >= 4 is 0 Å². The van der Waals surface area contributed by atoms with Gasteiger partial charge in [0.25, 0.3) is 0 Å². The number of piperazine rings is 1. The van der Waals surface area contributed by atoms with Gasteiger partial charge in [0, 0.05) is 31.7 Å². The maximum atomic E-state index is 6.49. The van der Waals surface area contributed by atoms with E-state index in [1.165, 1.54) is 22.3 Å². The third-order valence-corrected chi connectivity index (χ3v) is 4.28. The van der Waals surface area contributed by atoms with Gasteiger partial charge in [-0.25, -0.2) is 0 Å². The number of benzene rings is 1. The number of rotatable bonds is 3. The Morgan fingerprint density at radius 2 is 1.95 bits per heavy atom. The summed E-state index contributed by atoms with van der Waals surface area (Å²) in [6.45, 7) is 9.76. The molecule has 1 aromatic carbocycles. The molecule has 2 atom stereocenters. The molecule has 1 fully saturated rings. The average Bonchev–Trinajstić information content (AvgIpc) is 2.30. The molecule has 3 heteroatoms. The van der Waals surface area contributed by atoms with Gasteiger partial charge < -0.3 is 16.0 Å². The molecule has 0 aromatic heterocycles. The van der Waals surface area contributed by atoms with Crippen LogP contribution in [0.1, 0.15) is 34.7 Å². The number of likely N-dealkylation sites (N-methyl/N-ethyl adjacent to an activating group) is 1. The summed E-state index contributed by atoms with van der Waals surface area (Å²) in [5.41, 5.74) is 11.8. The standard InChI is InChI=1S/C16H27N3/c1-11-7-12(2)16(13(3)8-11)15(17)9-14-10-18-5-6-19(14)4/h7-8,14-15,18H,5-6,9-10,17H2,1-4H3. The molecule has 1 saturated heterocycles. The minimum atomic E-state index is 0.132. The van der Waals surface area contributed by atoms with Gasteiger partial charge in [0.15, 0.2) is 0 Å². The number of aryl methyl sites for hydroxylation is 3. The van der Waals surface area contributed by atoms with E-state index in [-0.39, 0.29) is 6.04 Å². The third-order valence-electron chi connectivity index (χ3n) is 4.28. The van der Waals surface area contributed by atoms with Crippen molar-refractivity contribution in [3.8, 4) is 0 Å². The normalized spacial score (nSPS) is 22.5. The number of hydrogen-bond donors (Lipinski definition) is 2. The summed E-state index contributed by atoms with van der Waals surface area (Å²) < 4.78 is 0. The van der Waals surface area contributed by atoms with E-state index in [4.69, 9.17) is 5.73 Å². The number of nitrogens with two attached hydrogens (primary N) is 1. The summed E-state index contributed by atoms with van der Waals surface area (Å²) in [7, 11) is 2.20. The van der Waals surface area contributed by atoms with Gasteiger partial charge in [-0.1, -0.05) is 17.7 Å². The molecule has 1 heterocycles. The van der Waals surface area contributed by atoms with Crippen LogP contribution >= 0.6 is 0 Å². The Morgan fingerprint density at radius 3 is 2.53 bits per heavy atom. The molecule has 106 valence electrons. The van der Waals surface area contributed by atoms with Crippen LogP contribution in [0.5, 0.6) is 0 Å². The van der Waals surface area contributed by atoms with Crippen molar-refractivity contribution in [3.05, 3.63) is 34.4 Å². The van der Waals surface area contributed by atoms with Crippen molar-refractivity contribution in [1.82, 2.24) is 10.2 Å². The van der Waals surface area contributed by atoms with Gasteiger partial charge in [-0.3, -0.25) is 0 Å². The molecule has 2 unspecified atom stereocenters. The van der Waals surface area contributed by atoms with Crippen LogP contribution in [0.4, 0.5) is 0 Å². The number of nitrogens with zero attached hydrogens (tertiary/aromatic N) is 1. The average molecular weight is 261 g/mol. The predicted octanol–water partition coefficient (Wildman–Crippen LogP) is 1.91. The Balaban J connectivity index is 2.13. The second-order valence-corrected chi connectivity index (χ2v) is 5.99. The van der Waals surface area contributed by atoms with E-state index < -0.39 is 0 Å². The molecular formula is C16H27N3. The van der Waals surface area contributed by atoms with Crippen LogP contribution in [0.15, 0.2) is 12.1 Å². The van der Waals surface area contributed by atoms with Crippen molar-refractivity contribution in [1.29, 1.82) is 0 Å². The van der Waals surface area contributed by atoms with E-state index in [2.05, 4.69) is 50.2 Å². The van der Waals surface area contributed by atoms with E-state index in [0.29, 0.717) is 6.04 Å². The molecule has 0 bridgehead atoms. The van der Waals surface area contributed by atoms with Gasteiger partial charge in [-0.15, -0.1) is 0 Å². The van der Waals surface area contributed by atoms with E-state index in [9.17, 15) is 0 Å². The van der Waals surface area contributed by atoms with Crippen molar-refractivity contribution in [2.45, 2.75) is 39.3 Å². The van der Waals surface area contributed by atoms with Crippen molar-refractivity contribution < 1.29 is 0 Å². The molecule has 19 heavy (non-hydrogen) atoms. The van der Waals surface area contributed by atoms with Gasteiger partial charge in [0.1, 0.15) is 0 Å². The van der Waals surface area contributed by atoms with Crippen LogP contribution in [-0.2, 0) is 0 Å². The molecule has 0 spiro atoms. The highest BCUT2D eigenvalue weighted by molar-refractivity contribution is 5.39. The maximum Gasteiger partial charge on any atom is 0.0315 e. The van der Waals surface area contributed by atoms with Gasteiger partial charge in [-0.05, 0) is 50.9 Å². The molecule has 2 rings (SSSR count). The fourth-order valence-corrected chi connectivity index (χ4v) is 3.31. The van der Waals surface area contributed by atoms with E-state index in [1.54, 1.807) is 0 Å². The Bertz CT molecular complexity index is 419. The Hall–Kier alpha value is -0.900. The molecule has 1 aliphatic heterocycles. The lowest BCUT2D eigenvalue weighted by Gasteiger charge is -2.35. The molecular weight excluding hydrogens is 234 g/mol. The van der Waals surface area contributed by atoms with Crippen LogP contribution in [0.3, 0.4) is 0 Å². The fraction of sp³-hybridized carbons (Fsp3) is 0.625. The molecule has 1 aromatic rings. The lowest BCUT2D eigenvalue weighted by Crippen LogP contribution is -2.50. The predicted molar refractivity (Wildman–Crippen MR) is 81.5 cm³/mol. The molecule has 0 radical (unpaired) electrons. The van der Waals surface area contributed by atoms with Crippen molar-refractivity contribution in [2.75, 3.05) is 26.7 Å². The molecule has 0 aliphatic carbocycles. The zero-order chi connectivity index (χ0) is 14.0. The zero-order valence-corrected chi connectivity index (χ0v) is 12.7. The Kier molecular flexibility index (Phi) is 4.61. The van der Waals surface area contributed by atoms with Crippen LogP contribution in [-0.4, -0.2) is 37.6 Å². The first kappa shape index (κ1) is 14.5. The zero-order valence-electron chi connectivity index (χ0n) is 12.7. The lowest BCUT2D eigenvalue weighted by molar-refractivity contribution is 0.182. The second kappa shape index (κ2) is 6.04. The first-order valence-corrected chi connectivity index (χ1v) is 7.23. The molecule has 3 nitrogen and oxygen atoms in total. The first-order valence-electron chi connectivity index (χ1n) is 7.23. The summed E-state index contributed by atoms with van der Waals surface area (Å²) in [5, 5.41) is 3.46. The summed E-state index contributed by atoms with van der Waals surface area (Å²) in [6, 6.07) is 5.16. The highest BCUT2D eigenvalue weighted by Crippen LogP contribution is 2.26. The third kappa shape index (κ3) is 3.35. The highest BCUT2D eigenvalue weighted by atomic mass is 15.2. The topological polar surface area (TPSA) is 41.3 Å². The molecule has 0 amide bonds. The van der Waals surface area contributed by atoms with Crippen molar-refractivity contribution in [3.63, 3.8) is 0 Å². The van der Waals surface area contributed by atoms with E-state index in [1.807, 2.05) is 0 Å². The first-order chi connectivity index (χ1) is 8.99. The van der Waals surface area contributed by atoms with Crippen LogP contribution in [0, 0.1) is 20.8 Å². The summed E-state index contributed by atoms with van der Waals surface area (Å²) in [4.78, 5) is 2.43. The number of hydrogen-bond acceptors (Lipinski definition) is 3. The maximum absolute atomic E-state index is 6.49. The smallest absolute Gasteiger partial charge is 0.0315 e. The monoisotopic (exact) mass is 261 g/mol. The summed E-state index contributed by atoms with van der Waals surface area (Å²) in [6.07, 6.45) is 1.02. The Morgan fingerprint density at radius 1 is 1.32 bits per heavy atom. The van der Waals surface area contributed by atoms with Crippen LogP contribution < -0.4 is 11.1 Å². The minimum absolute atomic E-state index is 0.132. The lowest BCUT2D eigenvalue weighted by atomic mass is 9.90. The Labute approximate surface area is 117 Å². The largest absolute Gasteiger partial charge is 0.324 e. The summed E-state index contributed by atoms with van der Waals surface area (Å²) in [5.74, 6) is 0.